The Bertz CT molecular complexity index is 523. The summed E-state index contributed by atoms with van der Waals surface area (Å²) in [5, 5.41) is 0. The molecule has 1 heterocycles. The van der Waals surface area contributed by atoms with Crippen LogP contribution >= 0.6 is 0 Å². The molecule has 1 aromatic heterocycles. The predicted molar refractivity (Wildman–Crippen MR) is 79.6 cm³/mol. The van der Waals surface area contributed by atoms with Gasteiger partial charge in [0.05, 0.1) is 0 Å². The highest BCUT2D eigenvalue weighted by Crippen LogP contribution is 2.17. The Morgan fingerprint density at radius 3 is 2.53 bits per heavy atom. The summed E-state index contributed by atoms with van der Waals surface area (Å²) in [5.41, 5.74) is 10.7. The van der Waals surface area contributed by atoms with Crippen LogP contribution in [0.15, 0.2) is 42.7 Å². The molecule has 0 aliphatic heterocycles. The quantitative estimate of drug-likeness (QED) is 0.835. The monoisotopic (exact) mass is 255 g/mol. The number of hydrogen-bond donors (Lipinski definition) is 1. The molecule has 3 heteroatoms. The van der Waals surface area contributed by atoms with Gasteiger partial charge in [0.1, 0.15) is 0 Å². The summed E-state index contributed by atoms with van der Waals surface area (Å²) < 4.78 is 0. The van der Waals surface area contributed by atoms with E-state index < -0.39 is 0 Å². The molecule has 2 rings (SSSR count). The minimum Gasteiger partial charge on any atom is -0.398 e. The first-order valence-electron chi connectivity index (χ1n) is 6.65. The SMILES string of the molecule is CCN(Cc1ccncc1)Cc1cc(C)ccc1N. The predicted octanol–water partition coefficient (Wildman–Crippen LogP) is 2.99. The van der Waals surface area contributed by atoms with E-state index in [9.17, 15) is 0 Å². The molecular formula is C16H21N3. The Kier molecular flexibility index (Phi) is 4.53. The van der Waals surface area contributed by atoms with E-state index in [-0.39, 0.29) is 0 Å². The molecule has 2 N–H and O–H groups in total. The highest BCUT2D eigenvalue weighted by Gasteiger charge is 2.07. The summed E-state index contributed by atoms with van der Waals surface area (Å²) in [6, 6.07) is 10.3. The molecule has 100 valence electrons. The van der Waals surface area contributed by atoms with E-state index in [2.05, 4.69) is 48.0 Å². The highest BCUT2D eigenvalue weighted by molar-refractivity contribution is 5.48. The average molecular weight is 255 g/mol. The number of anilines is 1. The van der Waals surface area contributed by atoms with Crippen LogP contribution in [0, 0.1) is 6.92 Å². The van der Waals surface area contributed by atoms with Crippen molar-refractivity contribution in [3.63, 3.8) is 0 Å². The minimum absolute atomic E-state index is 0.874. The van der Waals surface area contributed by atoms with Crippen molar-refractivity contribution in [2.75, 3.05) is 12.3 Å². The van der Waals surface area contributed by atoms with Gasteiger partial charge in [0.2, 0.25) is 0 Å². The third-order valence-corrected chi connectivity index (χ3v) is 3.30. The molecule has 0 atom stereocenters. The van der Waals surface area contributed by atoms with Crippen molar-refractivity contribution in [3.8, 4) is 0 Å². The summed E-state index contributed by atoms with van der Waals surface area (Å²) >= 11 is 0. The largest absolute Gasteiger partial charge is 0.398 e. The van der Waals surface area contributed by atoms with E-state index >= 15 is 0 Å². The lowest BCUT2D eigenvalue weighted by atomic mass is 10.1. The Hall–Kier alpha value is -1.87. The second-order valence-electron chi connectivity index (χ2n) is 4.86. The maximum absolute atomic E-state index is 6.05. The molecule has 0 amide bonds. The van der Waals surface area contributed by atoms with E-state index in [4.69, 9.17) is 5.73 Å². The number of aryl methyl sites for hydroxylation is 1. The van der Waals surface area contributed by atoms with Crippen molar-refractivity contribution in [1.82, 2.24) is 9.88 Å². The number of benzene rings is 1. The molecule has 0 fully saturated rings. The van der Waals surface area contributed by atoms with Gasteiger partial charge in [-0.1, -0.05) is 24.6 Å². The maximum atomic E-state index is 6.05. The summed E-state index contributed by atoms with van der Waals surface area (Å²) in [6.45, 7) is 7.07. The molecule has 0 saturated heterocycles. The van der Waals surface area contributed by atoms with Crippen LogP contribution in [-0.4, -0.2) is 16.4 Å². The average Bonchev–Trinajstić information content (AvgIpc) is 2.43. The number of hydrogen-bond acceptors (Lipinski definition) is 3. The molecule has 0 saturated carbocycles. The van der Waals surface area contributed by atoms with Crippen LogP contribution in [0.4, 0.5) is 5.69 Å². The Morgan fingerprint density at radius 2 is 1.84 bits per heavy atom. The van der Waals surface area contributed by atoms with Crippen LogP contribution in [-0.2, 0) is 13.1 Å². The lowest BCUT2D eigenvalue weighted by molar-refractivity contribution is 0.272. The standard InChI is InChI=1S/C16H21N3/c1-3-19(11-14-6-8-18-9-7-14)12-15-10-13(2)4-5-16(15)17/h4-10H,3,11-12,17H2,1-2H3. The number of pyridine rings is 1. The van der Waals surface area contributed by atoms with Gasteiger partial charge in [-0.05, 0) is 42.8 Å². The number of nitrogen functional groups attached to an aromatic ring is 1. The summed E-state index contributed by atoms with van der Waals surface area (Å²) in [6.07, 6.45) is 3.67. The van der Waals surface area contributed by atoms with Crippen molar-refractivity contribution in [2.45, 2.75) is 26.9 Å². The van der Waals surface area contributed by atoms with Crippen molar-refractivity contribution < 1.29 is 0 Å². The van der Waals surface area contributed by atoms with Gasteiger partial charge in [0, 0.05) is 31.2 Å². The Morgan fingerprint density at radius 1 is 1.11 bits per heavy atom. The zero-order valence-electron chi connectivity index (χ0n) is 11.6. The maximum Gasteiger partial charge on any atom is 0.0359 e. The molecule has 0 radical (unpaired) electrons. The summed E-state index contributed by atoms with van der Waals surface area (Å²) in [5.74, 6) is 0. The molecule has 0 aliphatic carbocycles. The molecule has 0 aliphatic rings. The fraction of sp³-hybridized carbons (Fsp3) is 0.312. The first-order valence-corrected chi connectivity index (χ1v) is 6.65. The number of rotatable bonds is 5. The highest BCUT2D eigenvalue weighted by atomic mass is 15.1. The van der Waals surface area contributed by atoms with Crippen molar-refractivity contribution >= 4 is 5.69 Å². The third kappa shape index (κ3) is 3.80. The second kappa shape index (κ2) is 6.34. The fourth-order valence-corrected chi connectivity index (χ4v) is 2.14. The van der Waals surface area contributed by atoms with E-state index in [1.54, 1.807) is 0 Å². The van der Waals surface area contributed by atoms with Crippen molar-refractivity contribution in [1.29, 1.82) is 0 Å². The normalized spacial score (nSPS) is 10.9. The second-order valence-corrected chi connectivity index (χ2v) is 4.86. The van der Waals surface area contributed by atoms with Gasteiger partial charge in [0.25, 0.3) is 0 Å². The van der Waals surface area contributed by atoms with Crippen LogP contribution in [0.1, 0.15) is 23.6 Å². The van der Waals surface area contributed by atoms with Crippen LogP contribution < -0.4 is 5.73 Å². The van der Waals surface area contributed by atoms with E-state index in [0.29, 0.717) is 0 Å². The first kappa shape index (κ1) is 13.6. The number of nitrogens with zero attached hydrogens (tertiary/aromatic N) is 2. The van der Waals surface area contributed by atoms with Crippen LogP contribution in [0.5, 0.6) is 0 Å². The lowest BCUT2D eigenvalue weighted by Gasteiger charge is -2.21. The zero-order chi connectivity index (χ0) is 13.7. The van der Waals surface area contributed by atoms with Gasteiger partial charge in [0.15, 0.2) is 0 Å². The first-order chi connectivity index (χ1) is 9.19. The smallest absolute Gasteiger partial charge is 0.0359 e. The topological polar surface area (TPSA) is 42.2 Å². The summed E-state index contributed by atoms with van der Waals surface area (Å²) in [4.78, 5) is 6.43. The van der Waals surface area contributed by atoms with Crippen LogP contribution in [0.2, 0.25) is 0 Å². The van der Waals surface area contributed by atoms with Gasteiger partial charge in [-0.2, -0.15) is 0 Å². The molecule has 0 bridgehead atoms. The molecule has 2 aromatic rings. The molecule has 0 unspecified atom stereocenters. The number of aromatic nitrogens is 1. The Labute approximate surface area is 115 Å². The molecule has 19 heavy (non-hydrogen) atoms. The van der Waals surface area contributed by atoms with E-state index in [1.807, 2.05) is 18.5 Å². The number of nitrogens with two attached hydrogens (primary N) is 1. The van der Waals surface area contributed by atoms with Crippen LogP contribution in [0.3, 0.4) is 0 Å². The van der Waals surface area contributed by atoms with Gasteiger partial charge >= 0.3 is 0 Å². The molecular weight excluding hydrogens is 234 g/mol. The summed E-state index contributed by atoms with van der Waals surface area (Å²) in [7, 11) is 0. The van der Waals surface area contributed by atoms with Crippen molar-refractivity contribution in [2.24, 2.45) is 0 Å². The van der Waals surface area contributed by atoms with Crippen molar-refractivity contribution in [3.05, 3.63) is 59.4 Å². The van der Waals surface area contributed by atoms with Crippen LogP contribution in [0.25, 0.3) is 0 Å². The third-order valence-electron chi connectivity index (χ3n) is 3.30. The minimum atomic E-state index is 0.874. The molecule has 3 nitrogen and oxygen atoms in total. The molecule has 0 spiro atoms. The Balaban J connectivity index is 2.09. The van der Waals surface area contributed by atoms with Gasteiger partial charge in [-0.3, -0.25) is 9.88 Å². The zero-order valence-corrected chi connectivity index (χ0v) is 11.6. The van der Waals surface area contributed by atoms with Gasteiger partial charge in [-0.15, -0.1) is 0 Å². The van der Waals surface area contributed by atoms with Gasteiger partial charge in [-0.25, -0.2) is 0 Å². The fourth-order valence-electron chi connectivity index (χ4n) is 2.14. The van der Waals surface area contributed by atoms with E-state index in [1.165, 1.54) is 16.7 Å². The van der Waals surface area contributed by atoms with Gasteiger partial charge < -0.3 is 5.73 Å². The molecule has 1 aromatic carbocycles. The lowest BCUT2D eigenvalue weighted by Crippen LogP contribution is -2.23. The van der Waals surface area contributed by atoms with E-state index in [0.717, 1.165) is 25.3 Å².